The van der Waals surface area contributed by atoms with E-state index in [1.54, 1.807) is 0 Å². The van der Waals surface area contributed by atoms with Gasteiger partial charge in [0.05, 0.1) is 0 Å². The lowest BCUT2D eigenvalue weighted by atomic mass is 9.91. The maximum atomic E-state index is 3.68. The van der Waals surface area contributed by atoms with Crippen LogP contribution in [-0.2, 0) is 6.54 Å². The van der Waals surface area contributed by atoms with Gasteiger partial charge in [-0.25, -0.2) is 0 Å². The van der Waals surface area contributed by atoms with Crippen LogP contribution in [0.4, 0.5) is 0 Å². The number of piperidine rings is 1. The van der Waals surface area contributed by atoms with E-state index in [-0.39, 0.29) is 0 Å². The summed E-state index contributed by atoms with van der Waals surface area (Å²) in [6, 6.07) is 4.97. The minimum Gasteiger partial charge on any atom is -0.309 e. The Hall–Kier alpha value is -0.380. The molecule has 0 amide bonds. The van der Waals surface area contributed by atoms with Gasteiger partial charge in [0.15, 0.2) is 0 Å². The molecule has 0 bridgehead atoms. The van der Waals surface area contributed by atoms with Crippen LogP contribution in [0, 0.1) is 5.92 Å². The molecule has 0 spiro atoms. The van der Waals surface area contributed by atoms with E-state index in [4.69, 9.17) is 0 Å². The van der Waals surface area contributed by atoms with Crippen molar-refractivity contribution in [2.45, 2.75) is 39.3 Å². The standard InChI is InChI=1S/C14H24N2S/c1-3-16-8-4-6-13(11-16)12(2)15-10-14-7-5-9-17-14/h5,7,9,12-13,15H,3-4,6,8,10-11H2,1-2H3. The van der Waals surface area contributed by atoms with E-state index in [1.807, 2.05) is 11.3 Å². The Balaban J connectivity index is 1.76. The lowest BCUT2D eigenvalue weighted by molar-refractivity contribution is 0.157. The van der Waals surface area contributed by atoms with Crippen molar-refractivity contribution in [1.82, 2.24) is 10.2 Å². The summed E-state index contributed by atoms with van der Waals surface area (Å²) in [6.45, 7) is 9.42. The SMILES string of the molecule is CCN1CCCC(C(C)NCc2cccs2)C1. The highest BCUT2D eigenvalue weighted by Crippen LogP contribution is 2.20. The lowest BCUT2D eigenvalue weighted by Gasteiger charge is -2.35. The number of nitrogens with one attached hydrogen (secondary N) is 1. The summed E-state index contributed by atoms with van der Waals surface area (Å²) in [6.07, 6.45) is 2.75. The summed E-state index contributed by atoms with van der Waals surface area (Å²) in [5.74, 6) is 0.823. The van der Waals surface area contributed by atoms with Crippen LogP contribution in [0.15, 0.2) is 17.5 Å². The molecule has 2 heterocycles. The van der Waals surface area contributed by atoms with Crippen molar-refractivity contribution in [2.75, 3.05) is 19.6 Å². The monoisotopic (exact) mass is 252 g/mol. The van der Waals surface area contributed by atoms with Gasteiger partial charge in [0.2, 0.25) is 0 Å². The van der Waals surface area contributed by atoms with E-state index in [2.05, 4.69) is 41.6 Å². The second-order valence-electron chi connectivity index (χ2n) is 5.04. The quantitative estimate of drug-likeness (QED) is 0.867. The molecule has 2 rings (SSSR count). The highest BCUT2D eigenvalue weighted by molar-refractivity contribution is 7.09. The molecule has 1 saturated heterocycles. The molecule has 0 radical (unpaired) electrons. The summed E-state index contributed by atoms with van der Waals surface area (Å²) in [5, 5.41) is 5.84. The molecule has 2 unspecified atom stereocenters. The number of hydrogen-bond donors (Lipinski definition) is 1. The molecule has 1 fully saturated rings. The van der Waals surface area contributed by atoms with Crippen LogP contribution in [0.2, 0.25) is 0 Å². The molecule has 1 aliphatic rings. The van der Waals surface area contributed by atoms with E-state index in [9.17, 15) is 0 Å². The average Bonchev–Trinajstić information content (AvgIpc) is 2.89. The molecule has 0 saturated carbocycles. The highest BCUT2D eigenvalue weighted by Gasteiger charge is 2.23. The van der Waals surface area contributed by atoms with E-state index < -0.39 is 0 Å². The summed E-state index contributed by atoms with van der Waals surface area (Å²) in [4.78, 5) is 4.03. The summed E-state index contributed by atoms with van der Waals surface area (Å²) in [7, 11) is 0. The molecule has 17 heavy (non-hydrogen) atoms. The van der Waals surface area contributed by atoms with Crippen molar-refractivity contribution >= 4 is 11.3 Å². The van der Waals surface area contributed by atoms with Crippen LogP contribution in [-0.4, -0.2) is 30.6 Å². The third kappa shape index (κ3) is 3.80. The van der Waals surface area contributed by atoms with Crippen LogP contribution in [0.5, 0.6) is 0 Å². The van der Waals surface area contributed by atoms with Gasteiger partial charge in [0.25, 0.3) is 0 Å². The van der Waals surface area contributed by atoms with Gasteiger partial charge < -0.3 is 10.2 Å². The summed E-state index contributed by atoms with van der Waals surface area (Å²) in [5.41, 5.74) is 0. The van der Waals surface area contributed by atoms with Gasteiger partial charge in [0, 0.05) is 24.0 Å². The Morgan fingerprint density at radius 3 is 3.18 bits per heavy atom. The van der Waals surface area contributed by atoms with Gasteiger partial charge in [0.1, 0.15) is 0 Å². The number of hydrogen-bond acceptors (Lipinski definition) is 3. The fourth-order valence-electron chi connectivity index (χ4n) is 2.63. The van der Waals surface area contributed by atoms with E-state index in [0.29, 0.717) is 6.04 Å². The molecule has 1 aromatic heterocycles. The third-order valence-corrected chi connectivity index (χ3v) is 4.75. The van der Waals surface area contributed by atoms with E-state index in [1.165, 1.54) is 37.4 Å². The normalized spacial score (nSPS) is 23.8. The molecule has 0 aromatic carbocycles. The second-order valence-corrected chi connectivity index (χ2v) is 6.08. The van der Waals surface area contributed by atoms with Gasteiger partial charge in [-0.05, 0) is 50.2 Å². The topological polar surface area (TPSA) is 15.3 Å². The Morgan fingerprint density at radius 2 is 2.47 bits per heavy atom. The van der Waals surface area contributed by atoms with Crippen molar-refractivity contribution in [3.05, 3.63) is 22.4 Å². The molecular weight excluding hydrogens is 228 g/mol. The molecule has 3 heteroatoms. The zero-order valence-electron chi connectivity index (χ0n) is 11.0. The fraction of sp³-hybridized carbons (Fsp3) is 0.714. The van der Waals surface area contributed by atoms with E-state index >= 15 is 0 Å². The Morgan fingerprint density at radius 1 is 1.59 bits per heavy atom. The highest BCUT2D eigenvalue weighted by atomic mass is 32.1. The molecule has 1 N–H and O–H groups in total. The third-order valence-electron chi connectivity index (χ3n) is 3.87. The van der Waals surface area contributed by atoms with Gasteiger partial charge >= 0.3 is 0 Å². The molecule has 1 aliphatic heterocycles. The van der Waals surface area contributed by atoms with Crippen molar-refractivity contribution in [3.63, 3.8) is 0 Å². The zero-order chi connectivity index (χ0) is 12.1. The van der Waals surface area contributed by atoms with Crippen molar-refractivity contribution in [1.29, 1.82) is 0 Å². The van der Waals surface area contributed by atoms with Crippen LogP contribution < -0.4 is 5.32 Å². The Kier molecular flexibility index (Phi) is 5.01. The number of thiophene rings is 1. The Bertz CT molecular complexity index is 310. The molecule has 96 valence electrons. The largest absolute Gasteiger partial charge is 0.309 e. The summed E-state index contributed by atoms with van der Waals surface area (Å²) >= 11 is 1.84. The zero-order valence-corrected chi connectivity index (χ0v) is 11.8. The second kappa shape index (κ2) is 6.53. The van der Waals surface area contributed by atoms with Crippen molar-refractivity contribution < 1.29 is 0 Å². The van der Waals surface area contributed by atoms with Crippen molar-refractivity contribution in [2.24, 2.45) is 5.92 Å². The van der Waals surface area contributed by atoms with Gasteiger partial charge in [-0.15, -0.1) is 11.3 Å². The van der Waals surface area contributed by atoms with Crippen LogP contribution in [0.25, 0.3) is 0 Å². The predicted molar refractivity (Wildman–Crippen MR) is 75.5 cm³/mol. The van der Waals surface area contributed by atoms with Crippen molar-refractivity contribution in [3.8, 4) is 0 Å². The Labute approximate surface area is 109 Å². The maximum absolute atomic E-state index is 3.68. The van der Waals surface area contributed by atoms with Crippen LogP contribution >= 0.6 is 11.3 Å². The number of rotatable bonds is 5. The number of likely N-dealkylation sites (tertiary alicyclic amines) is 1. The van der Waals surface area contributed by atoms with E-state index in [0.717, 1.165) is 12.5 Å². The first-order valence-corrected chi connectivity index (χ1v) is 7.65. The minimum absolute atomic E-state index is 0.631. The molecule has 0 aliphatic carbocycles. The number of nitrogens with zero attached hydrogens (tertiary/aromatic N) is 1. The van der Waals surface area contributed by atoms with Crippen LogP contribution in [0.1, 0.15) is 31.6 Å². The van der Waals surface area contributed by atoms with Gasteiger partial charge in [-0.1, -0.05) is 13.0 Å². The first-order valence-electron chi connectivity index (χ1n) is 6.77. The molecule has 2 atom stereocenters. The smallest absolute Gasteiger partial charge is 0.0302 e. The predicted octanol–water partition coefficient (Wildman–Crippen LogP) is 2.96. The maximum Gasteiger partial charge on any atom is 0.0302 e. The fourth-order valence-corrected chi connectivity index (χ4v) is 3.28. The first kappa shape index (κ1) is 13.1. The van der Waals surface area contributed by atoms with Crippen LogP contribution in [0.3, 0.4) is 0 Å². The first-order chi connectivity index (χ1) is 8.29. The summed E-state index contributed by atoms with van der Waals surface area (Å²) < 4.78 is 0. The molecule has 1 aromatic rings. The average molecular weight is 252 g/mol. The van der Waals surface area contributed by atoms with Gasteiger partial charge in [-0.2, -0.15) is 0 Å². The molecular formula is C14H24N2S. The van der Waals surface area contributed by atoms with Gasteiger partial charge in [-0.3, -0.25) is 0 Å². The minimum atomic E-state index is 0.631. The molecule has 2 nitrogen and oxygen atoms in total. The lowest BCUT2D eigenvalue weighted by Crippen LogP contribution is -2.44.